The summed E-state index contributed by atoms with van der Waals surface area (Å²) in [7, 11) is 0. The van der Waals surface area contributed by atoms with Crippen molar-refractivity contribution in [1.29, 1.82) is 0 Å². The molecule has 0 unspecified atom stereocenters. The summed E-state index contributed by atoms with van der Waals surface area (Å²) in [5.74, 6) is 0. The molecule has 12 rings (SSSR count). The minimum absolute atomic E-state index is 1.08. The molecule has 0 N–H and O–H groups in total. The zero-order valence-corrected chi connectivity index (χ0v) is 33.4. The van der Waals surface area contributed by atoms with E-state index in [-0.39, 0.29) is 0 Å². The largest absolute Gasteiger partial charge is 0.310 e. The summed E-state index contributed by atoms with van der Waals surface area (Å²) in [4.78, 5) is 2.40. The van der Waals surface area contributed by atoms with Gasteiger partial charge in [0.15, 0.2) is 0 Å². The number of para-hydroxylation sites is 3. The topological polar surface area (TPSA) is 13.1 Å². The number of benzene rings is 10. The molecule has 0 spiro atoms. The Labute approximate surface area is 354 Å². The highest BCUT2D eigenvalue weighted by Gasteiger charge is 2.24. The summed E-state index contributed by atoms with van der Waals surface area (Å²) in [6.45, 7) is 0. The minimum atomic E-state index is 1.08. The van der Waals surface area contributed by atoms with Crippen LogP contribution in [0, 0.1) is 0 Å². The van der Waals surface area contributed by atoms with E-state index >= 15 is 0 Å². The lowest BCUT2D eigenvalue weighted by Gasteiger charge is -2.26. The lowest BCUT2D eigenvalue weighted by Crippen LogP contribution is -2.10. The molecule has 0 saturated carbocycles. The van der Waals surface area contributed by atoms with Gasteiger partial charge in [-0.25, -0.2) is 0 Å². The third kappa shape index (κ3) is 5.74. The van der Waals surface area contributed by atoms with Crippen LogP contribution in [0.25, 0.3) is 88.0 Å². The van der Waals surface area contributed by atoms with Crippen molar-refractivity contribution in [2.75, 3.05) is 4.90 Å². The highest BCUT2D eigenvalue weighted by Crippen LogP contribution is 2.44. The number of aromatic nitrogens is 2. The molecule has 2 aromatic heterocycles. The molecule has 0 aliphatic carbocycles. The van der Waals surface area contributed by atoms with E-state index in [9.17, 15) is 0 Å². The molecule has 0 bridgehead atoms. The van der Waals surface area contributed by atoms with Crippen LogP contribution in [0.15, 0.2) is 237 Å². The summed E-state index contributed by atoms with van der Waals surface area (Å²) < 4.78 is 4.87. The van der Waals surface area contributed by atoms with E-state index in [1.54, 1.807) is 0 Å². The van der Waals surface area contributed by atoms with Gasteiger partial charge in [-0.1, -0.05) is 170 Å². The molecule has 0 saturated heterocycles. The van der Waals surface area contributed by atoms with E-state index in [0.717, 1.165) is 39.6 Å². The summed E-state index contributed by atoms with van der Waals surface area (Å²) in [5, 5.41) is 8.69. The van der Waals surface area contributed by atoms with Crippen LogP contribution in [-0.4, -0.2) is 9.13 Å². The maximum Gasteiger partial charge on any atom is 0.131 e. The number of fused-ring (bicyclic) bond motifs is 7. The average Bonchev–Trinajstić information content (AvgIpc) is 3.84. The second-order valence-corrected chi connectivity index (χ2v) is 15.7. The van der Waals surface area contributed by atoms with Gasteiger partial charge in [0, 0.05) is 44.6 Å². The van der Waals surface area contributed by atoms with Crippen molar-refractivity contribution in [1.82, 2.24) is 9.13 Å². The quantitative estimate of drug-likeness (QED) is 0.157. The summed E-state index contributed by atoms with van der Waals surface area (Å²) in [6, 6.07) is 85.9. The summed E-state index contributed by atoms with van der Waals surface area (Å²) >= 11 is 0. The van der Waals surface area contributed by atoms with Gasteiger partial charge in [-0.05, 0) is 111 Å². The van der Waals surface area contributed by atoms with Gasteiger partial charge >= 0.3 is 0 Å². The molecule has 3 heteroatoms. The first-order valence-corrected chi connectivity index (χ1v) is 20.9. The third-order valence-corrected chi connectivity index (χ3v) is 12.3. The molecular formula is C58H39N3. The second kappa shape index (κ2) is 14.3. The van der Waals surface area contributed by atoms with E-state index in [1.165, 1.54) is 65.5 Å². The van der Waals surface area contributed by atoms with Crippen LogP contribution < -0.4 is 4.90 Å². The Bertz CT molecular complexity index is 3430. The number of hydrogen-bond donors (Lipinski definition) is 0. The zero-order valence-electron chi connectivity index (χ0n) is 33.4. The predicted molar refractivity (Wildman–Crippen MR) is 258 cm³/mol. The Balaban J connectivity index is 1.08. The molecule has 0 fully saturated rings. The first kappa shape index (κ1) is 34.9. The molecule has 0 radical (unpaired) electrons. The van der Waals surface area contributed by atoms with Crippen LogP contribution in [0.3, 0.4) is 0 Å². The third-order valence-electron chi connectivity index (χ3n) is 12.3. The number of hydrogen-bond acceptors (Lipinski definition) is 1. The van der Waals surface area contributed by atoms with Gasteiger partial charge < -0.3 is 4.90 Å². The van der Waals surface area contributed by atoms with Crippen LogP contribution in [0.5, 0.6) is 0 Å². The van der Waals surface area contributed by atoms with Gasteiger partial charge in [-0.3, -0.25) is 9.13 Å². The fourth-order valence-corrected chi connectivity index (χ4v) is 9.53. The van der Waals surface area contributed by atoms with Crippen molar-refractivity contribution in [3.63, 3.8) is 0 Å². The van der Waals surface area contributed by atoms with E-state index < -0.39 is 0 Å². The molecular weight excluding hydrogens is 739 g/mol. The Morgan fingerprint density at radius 3 is 1.28 bits per heavy atom. The number of anilines is 3. The SMILES string of the molecule is c1ccc(-n2c3ccccc3c3c4ccc(N(c5ccc(-c6cccc7ccccc67)cc5)c5ccc(-c6cccc7ccccc67)cc5)cc4n(-c4ccccc4)c32)cc1. The van der Waals surface area contributed by atoms with Crippen LogP contribution in [0.2, 0.25) is 0 Å². The summed E-state index contributed by atoms with van der Waals surface area (Å²) in [5.41, 5.74) is 13.8. The van der Waals surface area contributed by atoms with E-state index in [2.05, 4.69) is 251 Å². The fourth-order valence-electron chi connectivity index (χ4n) is 9.53. The van der Waals surface area contributed by atoms with Crippen molar-refractivity contribution < 1.29 is 0 Å². The maximum atomic E-state index is 2.45. The minimum Gasteiger partial charge on any atom is -0.310 e. The normalized spacial score (nSPS) is 11.6. The predicted octanol–water partition coefficient (Wildman–Crippen LogP) is 15.8. The highest BCUT2D eigenvalue weighted by molar-refractivity contribution is 6.23. The lowest BCUT2D eigenvalue weighted by molar-refractivity contribution is 1.07. The molecule has 10 aromatic carbocycles. The van der Waals surface area contributed by atoms with Crippen LogP contribution in [0.4, 0.5) is 17.1 Å². The second-order valence-electron chi connectivity index (χ2n) is 15.7. The van der Waals surface area contributed by atoms with Gasteiger partial charge in [0.2, 0.25) is 0 Å². The smallest absolute Gasteiger partial charge is 0.131 e. The molecule has 12 aromatic rings. The van der Waals surface area contributed by atoms with Crippen molar-refractivity contribution in [3.8, 4) is 33.6 Å². The van der Waals surface area contributed by atoms with E-state index in [0.29, 0.717) is 0 Å². The fraction of sp³-hybridized carbons (Fsp3) is 0. The lowest BCUT2D eigenvalue weighted by atomic mass is 9.97. The van der Waals surface area contributed by atoms with Gasteiger partial charge in [0.05, 0.1) is 11.0 Å². The van der Waals surface area contributed by atoms with Crippen LogP contribution >= 0.6 is 0 Å². The van der Waals surface area contributed by atoms with Gasteiger partial charge in [0.1, 0.15) is 5.65 Å². The molecule has 61 heavy (non-hydrogen) atoms. The van der Waals surface area contributed by atoms with Gasteiger partial charge in [0.25, 0.3) is 0 Å². The Morgan fingerprint density at radius 2 is 0.721 bits per heavy atom. The first-order valence-electron chi connectivity index (χ1n) is 20.9. The zero-order chi connectivity index (χ0) is 40.3. The van der Waals surface area contributed by atoms with Crippen molar-refractivity contribution in [3.05, 3.63) is 237 Å². The molecule has 3 nitrogen and oxygen atoms in total. The van der Waals surface area contributed by atoms with E-state index in [1.807, 2.05) is 0 Å². The standard InChI is InChI=1S/C58H39N3/c1-3-19-44(20-4-1)60-55-28-12-11-25-53(55)57-54-38-37-48(39-56(54)61(58(57)60)45-21-5-2-6-22-45)59(46-33-29-42(30-34-46)51-26-13-17-40-15-7-9-23-49(40)51)47-35-31-43(32-36-47)52-27-14-18-41-16-8-10-24-50(41)52/h1-39H. The van der Waals surface area contributed by atoms with Gasteiger partial charge in [-0.15, -0.1) is 0 Å². The van der Waals surface area contributed by atoms with Crippen molar-refractivity contribution in [2.24, 2.45) is 0 Å². The Morgan fingerprint density at radius 1 is 0.295 bits per heavy atom. The van der Waals surface area contributed by atoms with Crippen LogP contribution in [0.1, 0.15) is 0 Å². The number of nitrogens with zero attached hydrogens (tertiary/aromatic N) is 3. The average molecular weight is 778 g/mol. The molecule has 286 valence electrons. The molecule has 2 heterocycles. The number of rotatable bonds is 7. The monoisotopic (exact) mass is 777 g/mol. The first-order chi connectivity index (χ1) is 30.3. The Hall–Kier alpha value is -8.14. The van der Waals surface area contributed by atoms with Crippen molar-refractivity contribution >= 4 is 71.4 Å². The molecule has 0 atom stereocenters. The molecule has 0 aliphatic rings. The maximum absolute atomic E-state index is 2.45. The van der Waals surface area contributed by atoms with Gasteiger partial charge in [-0.2, -0.15) is 0 Å². The van der Waals surface area contributed by atoms with E-state index in [4.69, 9.17) is 0 Å². The van der Waals surface area contributed by atoms with Crippen LogP contribution in [-0.2, 0) is 0 Å². The Kier molecular flexibility index (Phi) is 8.17. The highest BCUT2D eigenvalue weighted by atomic mass is 15.2. The summed E-state index contributed by atoms with van der Waals surface area (Å²) in [6.07, 6.45) is 0. The molecule has 0 aliphatic heterocycles. The van der Waals surface area contributed by atoms with Crippen molar-refractivity contribution in [2.45, 2.75) is 0 Å². The molecule has 0 amide bonds.